The minimum Gasteiger partial charge on any atom is -0.508 e. The first-order valence-corrected chi connectivity index (χ1v) is 16.8. The van der Waals surface area contributed by atoms with Gasteiger partial charge >= 0.3 is 5.97 Å². The van der Waals surface area contributed by atoms with Gasteiger partial charge in [0.15, 0.2) is 0 Å². The molecule has 2 aliphatic rings. The molecule has 1 aliphatic heterocycles. The van der Waals surface area contributed by atoms with Crippen LogP contribution < -0.4 is 16.2 Å². The maximum atomic E-state index is 14.5. The summed E-state index contributed by atoms with van der Waals surface area (Å²) in [6.07, 6.45) is 3.32. The lowest BCUT2D eigenvalue weighted by molar-refractivity contribution is -0.142. The SMILES string of the molecule is Cn1cccc(C(=O)NC2CCN(C(=O)[C@H]3CC[C@@](C(=O)N[C@@H](Cc4ccc(O)cc4)C(=O)O)(c4ccccc4)c4ccccc43)CC2)c1=O.S.S. The van der Waals surface area contributed by atoms with Crippen LogP contribution in [-0.4, -0.2) is 68.5 Å². The molecule has 3 amide bonds. The summed E-state index contributed by atoms with van der Waals surface area (Å²) in [7, 11) is 1.59. The van der Waals surface area contributed by atoms with Gasteiger partial charge in [-0.2, -0.15) is 27.0 Å². The molecule has 0 spiro atoms. The van der Waals surface area contributed by atoms with Gasteiger partial charge in [0, 0.05) is 38.8 Å². The summed E-state index contributed by atoms with van der Waals surface area (Å²) < 4.78 is 1.36. The molecule has 0 unspecified atom stereocenters. The van der Waals surface area contributed by atoms with E-state index >= 15 is 0 Å². The van der Waals surface area contributed by atoms with Gasteiger partial charge in [-0.3, -0.25) is 19.2 Å². The molecular formula is C39H44N4O7S2. The number of nitrogens with one attached hydrogen (secondary N) is 2. The predicted molar refractivity (Wildman–Crippen MR) is 207 cm³/mol. The number of aromatic nitrogens is 1. The number of carbonyl (C=O) groups is 4. The molecule has 1 fully saturated rings. The van der Waals surface area contributed by atoms with E-state index in [1.54, 1.807) is 36.3 Å². The van der Waals surface area contributed by atoms with Crippen molar-refractivity contribution in [1.82, 2.24) is 20.1 Å². The van der Waals surface area contributed by atoms with Gasteiger partial charge in [-0.25, -0.2) is 4.79 Å². The lowest BCUT2D eigenvalue weighted by atomic mass is 9.62. The van der Waals surface area contributed by atoms with E-state index in [1.165, 1.54) is 22.8 Å². The predicted octanol–water partition coefficient (Wildman–Crippen LogP) is 3.71. The van der Waals surface area contributed by atoms with E-state index in [0.29, 0.717) is 49.0 Å². The van der Waals surface area contributed by atoms with Gasteiger partial charge in [0.1, 0.15) is 17.4 Å². The minimum absolute atomic E-state index is 0. The Balaban J connectivity index is 0.00000302. The van der Waals surface area contributed by atoms with Crippen LogP contribution >= 0.6 is 27.0 Å². The molecule has 1 aliphatic carbocycles. The molecule has 4 aromatic rings. The molecule has 13 heteroatoms. The van der Waals surface area contributed by atoms with Crippen molar-refractivity contribution in [2.45, 2.75) is 55.5 Å². The highest BCUT2D eigenvalue weighted by molar-refractivity contribution is 7.59. The molecule has 3 atom stereocenters. The Morgan fingerprint density at radius 2 is 1.52 bits per heavy atom. The zero-order chi connectivity index (χ0) is 35.4. The Morgan fingerprint density at radius 1 is 0.865 bits per heavy atom. The van der Waals surface area contributed by atoms with E-state index in [2.05, 4.69) is 10.6 Å². The number of likely N-dealkylation sites (tertiary alicyclic amines) is 1. The number of phenols is 1. The van der Waals surface area contributed by atoms with E-state index in [0.717, 1.165) is 5.56 Å². The van der Waals surface area contributed by atoms with Crippen LogP contribution in [0, 0.1) is 0 Å². The van der Waals surface area contributed by atoms with Crippen molar-refractivity contribution in [3.8, 4) is 5.75 Å². The van der Waals surface area contributed by atoms with Gasteiger partial charge in [0.2, 0.25) is 11.8 Å². The number of fused-ring (bicyclic) bond motifs is 1. The Labute approximate surface area is 316 Å². The average Bonchev–Trinajstić information content (AvgIpc) is 3.13. The van der Waals surface area contributed by atoms with Crippen LogP contribution in [0.4, 0.5) is 0 Å². The third-order valence-electron chi connectivity index (χ3n) is 10.0. The van der Waals surface area contributed by atoms with Crippen LogP contribution in [0.15, 0.2) is 102 Å². The quantitative estimate of drug-likeness (QED) is 0.204. The van der Waals surface area contributed by atoms with Crippen LogP contribution in [-0.2, 0) is 33.3 Å². The van der Waals surface area contributed by atoms with Crippen molar-refractivity contribution in [2.24, 2.45) is 7.05 Å². The molecule has 6 rings (SSSR count). The number of amides is 3. The van der Waals surface area contributed by atoms with Gasteiger partial charge in [0.05, 0.1) is 11.3 Å². The molecule has 52 heavy (non-hydrogen) atoms. The minimum atomic E-state index is -1.25. The Hall–Kier alpha value is -5.01. The third-order valence-corrected chi connectivity index (χ3v) is 10.0. The molecule has 0 radical (unpaired) electrons. The molecule has 0 bridgehead atoms. The van der Waals surface area contributed by atoms with Gasteiger partial charge < -0.3 is 30.3 Å². The third kappa shape index (κ3) is 8.05. The number of piperidine rings is 1. The molecule has 274 valence electrons. The Morgan fingerprint density at radius 3 is 2.19 bits per heavy atom. The van der Waals surface area contributed by atoms with Crippen LogP contribution in [0.5, 0.6) is 5.75 Å². The number of nitrogens with zero attached hydrogens (tertiary/aromatic N) is 2. The lowest BCUT2D eigenvalue weighted by Gasteiger charge is -2.43. The number of rotatable bonds is 9. The summed E-state index contributed by atoms with van der Waals surface area (Å²) in [5.41, 5.74) is 1.19. The smallest absolute Gasteiger partial charge is 0.326 e. The number of hydrogen-bond donors (Lipinski definition) is 4. The van der Waals surface area contributed by atoms with Gasteiger partial charge in [-0.15, -0.1) is 0 Å². The Bertz CT molecular complexity index is 1960. The maximum Gasteiger partial charge on any atom is 0.326 e. The Kier molecular flexibility index (Phi) is 13.0. The molecule has 4 N–H and O–H groups in total. The van der Waals surface area contributed by atoms with Crippen LogP contribution in [0.2, 0.25) is 0 Å². The monoisotopic (exact) mass is 744 g/mol. The van der Waals surface area contributed by atoms with Crippen molar-refractivity contribution >= 4 is 50.7 Å². The lowest BCUT2D eigenvalue weighted by Crippen LogP contribution is -2.54. The molecule has 0 saturated carbocycles. The van der Waals surface area contributed by atoms with Crippen LogP contribution in [0.1, 0.15) is 64.2 Å². The normalized spacial score (nSPS) is 18.8. The maximum absolute atomic E-state index is 14.5. The second-order valence-corrected chi connectivity index (χ2v) is 13.1. The molecule has 1 saturated heterocycles. The number of hydrogen-bond acceptors (Lipinski definition) is 6. The van der Waals surface area contributed by atoms with Crippen molar-refractivity contribution in [2.75, 3.05) is 13.1 Å². The molecule has 11 nitrogen and oxygen atoms in total. The van der Waals surface area contributed by atoms with E-state index in [9.17, 15) is 34.2 Å². The van der Waals surface area contributed by atoms with Crippen molar-refractivity contribution in [1.29, 1.82) is 0 Å². The summed E-state index contributed by atoms with van der Waals surface area (Å²) in [6.45, 7) is 0.855. The fourth-order valence-electron chi connectivity index (χ4n) is 7.33. The van der Waals surface area contributed by atoms with E-state index < -0.39 is 35.2 Å². The molecule has 1 aromatic heterocycles. The van der Waals surface area contributed by atoms with Crippen molar-refractivity contribution in [3.63, 3.8) is 0 Å². The first kappa shape index (κ1) is 39.8. The largest absolute Gasteiger partial charge is 0.508 e. The topological polar surface area (TPSA) is 158 Å². The molecular weight excluding hydrogens is 701 g/mol. The van der Waals surface area contributed by atoms with Crippen LogP contribution in [0.25, 0.3) is 0 Å². The van der Waals surface area contributed by atoms with Gasteiger partial charge in [0.25, 0.3) is 11.5 Å². The summed E-state index contributed by atoms with van der Waals surface area (Å²) in [4.78, 5) is 68.2. The fourth-order valence-corrected chi connectivity index (χ4v) is 7.33. The highest BCUT2D eigenvalue weighted by Gasteiger charge is 2.49. The number of aryl methyl sites for hydroxylation is 1. The number of carboxylic acids is 1. The molecule has 3 aromatic carbocycles. The second-order valence-electron chi connectivity index (χ2n) is 13.1. The zero-order valence-corrected chi connectivity index (χ0v) is 30.7. The highest BCUT2D eigenvalue weighted by atomic mass is 32.1. The zero-order valence-electron chi connectivity index (χ0n) is 28.7. The number of phenolic OH excluding ortho intramolecular Hbond substituents is 1. The number of carboxylic acid groups (broad SMARTS) is 1. The van der Waals surface area contributed by atoms with E-state index in [-0.39, 0.29) is 68.7 Å². The number of carbonyl (C=O) groups excluding carboxylic acids is 3. The summed E-state index contributed by atoms with van der Waals surface area (Å²) in [6, 6.07) is 24.6. The number of aromatic hydroxyl groups is 1. The first-order chi connectivity index (χ1) is 24.1. The number of aliphatic carboxylic acids is 1. The molecule has 2 heterocycles. The summed E-state index contributed by atoms with van der Waals surface area (Å²) in [5.74, 6) is -2.59. The van der Waals surface area contributed by atoms with Crippen molar-refractivity contribution in [3.05, 3.63) is 135 Å². The highest BCUT2D eigenvalue weighted by Crippen LogP contribution is 2.48. The standard InChI is InChI=1S/C39H40N4O7.2H2S/c1-42-21-7-11-31(35(42)46)34(45)40-27-18-22-43(23-19-27)36(47)30-17-20-39(26-8-3-2-4-9-26,32-12-6-5-10-29(30)32)38(50)41-33(37(48)49)24-25-13-15-28(44)16-14-25;;/h2-16,21,27,30,33,44H,17-20,22-24H2,1H3,(H,40,45)(H,41,50)(H,48,49);2*1H2/t30-,33-,39+;;/m0../s1. The van der Waals surface area contributed by atoms with Gasteiger partial charge in [-0.1, -0.05) is 66.7 Å². The van der Waals surface area contributed by atoms with E-state index in [4.69, 9.17) is 0 Å². The second kappa shape index (κ2) is 17.0. The fraction of sp³-hybridized carbons (Fsp3) is 0.308. The number of benzene rings is 3. The number of pyridine rings is 1. The first-order valence-electron chi connectivity index (χ1n) is 16.8. The summed E-state index contributed by atoms with van der Waals surface area (Å²) in [5, 5.41) is 25.6. The average molecular weight is 745 g/mol. The van der Waals surface area contributed by atoms with Crippen molar-refractivity contribution < 1.29 is 29.4 Å². The van der Waals surface area contributed by atoms with Gasteiger partial charge in [-0.05, 0) is 72.2 Å². The van der Waals surface area contributed by atoms with Crippen LogP contribution in [0.3, 0.4) is 0 Å². The summed E-state index contributed by atoms with van der Waals surface area (Å²) >= 11 is 0. The van der Waals surface area contributed by atoms with E-state index in [1.807, 2.05) is 54.6 Å².